The van der Waals surface area contributed by atoms with Gasteiger partial charge in [0, 0.05) is 11.4 Å². The average molecular weight is 453 g/mol. The number of hydrogen-bond donors (Lipinski definition) is 2. The molecule has 3 aromatic carbocycles. The Morgan fingerprint density at radius 2 is 0.933 bits per heavy atom. The summed E-state index contributed by atoms with van der Waals surface area (Å²) < 4.78 is 81.2. The van der Waals surface area contributed by atoms with Crippen LogP contribution < -0.4 is 9.44 Å². The fourth-order valence-electron chi connectivity index (χ4n) is 2.60. The highest BCUT2D eigenvalue weighted by Crippen LogP contribution is 2.22. The summed E-state index contributed by atoms with van der Waals surface area (Å²) in [4.78, 5) is -0.198. The first kappa shape index (κ1) is 21.7. The lowest BCUT2D eigenvalue weighted by atomic mass is 10.2. The van der Waals surface area contributed by atoms with E-state index in [4.69, 9.17) is 0 Å². The topological polar surface area (TPSA) is 92.3 Å². The predicted molar refractivity (Wildman–Crippen MR) is 110 cm³/mol. The molecule has 0 saturated carbocycles. The molecule has 3 aromatic rings. The highest BCUT2D eigenvalue weighted by atomic mass is 32.2. The minimum Gasteiger partial charge on any atom is -0.280 e. The second-order valence-corrected chi connectivity index (χ2v) is 9.98. The number of rotatable bonds is 6. The molecule has 0 aliphatic carbocycles. The van der Waals surface area contributed by atoms with Crippen LogP contribution in [-0.2, 0) is 20.0 Å². The number of hydrogen-bond acceptors (Lipinski definition) is 4. The van der Waals surface area contributed by atoms with Crippen molar-refractivity contribution in [1.82, 2.24) is 0 Å². The number of anilines is 2. The first-order chi connectivity index (χ1) is 14.0. The Bertz CT molecular complexity index is 1200. The van der Waals surface area contributed by atoms with Crippen molar-refractivity contribution in [2.45, 2.75) is 23.6 Å². The molecule has 0 aliphatic rings. The molecule has 0 bridgehead atoms. The minimum atomic E-state index is -3.94. The zero-order valence-electron chi connectivity index (χ0n) is 16.0. The lowest BCUT2D eigenvalue weighted by Gasteiger charge is -2.11. The van der Waals surface area contributed by atoms with Crippen LogP contribution in [-0.4, -0.2) is 16.8 Å². The maximum Gasteiger partial charge on any atom is 0.261 e. The first-order valence-electron chi connectivity index (χ1n) is 8.66. The molecule has 6 nitrogen and oxygen atoms in total. The molecular formula is C20H18F2N2O4S2. The van der Waals surface area contributed by atoms with Crippen molar-refractivity contribution in [3.8, 4) is 0 Å². The van der Waals surface area contributed by atoms with Crippen LogP contribution in [0.15, 0.2) is 70.5 Å². The van der Waals surface area contributed by atoms with Crippen LogP contribution in [0.4, 0.5) is 20.2 Å². The number of nitrogens with one attached hydrogen (secondary N) is 2. The van der Waals surface area contributed by atoms with Crippen LogP contribution in [0.3, 0.4) is 0 Å². The normalized spacial score (nSPS) is 11.9. The molecule has 0 spiro atoms. The molecule has 30 heavy (non-hydrogen) atoms. The van der Waals surface area contributed by atoms with Crippen LogP contribution in [0.5, 0.6) is 0 Å². The van der Waals surface area contributed by atoms with Gasteiger partial charge >= 0.3 is 0 Å². The van der Waals surface area contributed by atoms with Gasteiger partial charge in [-0.25, -0.2) is 25.6 Å². The molecule has 0 aromatic heterocycles. The lowest BCUT2D eigenvalue weighted by molar-refractivity contribution is 0.596. The molecule has 10 heteroatoms. The summed E-state index contributed by atoms with van der Waals surface area (Å²) >= 11 is 0. The van der Waals surface area contributed by atoms with Crippen LogP contribution in [0, 0.1) is 25.5 Å². The maximum absolute atomic E-state index is 13.4. The predicted octanol–water partition coefficient (Wildman–Crippen LogP) is 4.18. The van der Waals surface area contributed by atoms with Crippen molar-refractivity contribution in [2.75, 3.05) is 9.44 Å². The van der Waals surface area contributed by atoms with Gasteiger partial charge in [-0.15, -0.1) is 0 Å². The molecule has 0 fully saturated rings. The van der Waals surface area contributed by atoms with Gasteiger partial charge in [-0.05, 0) is 85.6 Å². The zero-order valence-corrected chi connectivity index (χ0v) is 17.6. The summed E-state index contributed by atoms with van der Waals surface area (Å²) in [6.45, 7) is 2.91. The van der Waals surface area contributed by atoms with Crippen LogP contribution in [0.1, 0.15) is 11.1 Å². The Labute approximate surface area is 173 Å². The van der Waals surface area contributed by atoms with Gasteiger partial charge in [0.1, 0.15) is 11.6 Å². The Balaban J connectivity index is 1.77. The second-order valence-electron chi connectivity index (χ2n) is 6.61. The summed E-state index contributed by atoms with van der Waals surface area (Å²) in [6.07, 6.45) is 0. The molecular weight excluding hydrogens is 434 g/mol. The van der Waals surface area contributed by atoms with Crippen molar-refractivity contribution in [3.05, 3.63) is 83.4 Å². The smallest absolute Gasteiger partial charge is 0.261 e. The number of sulfonamides is 2. The fraction of sp³-hybridized carbons (Fsp3) is 0.100. The van der Waals surface area contributed by atoms with Gasteiger partial charge in [-0.1, -0.05) is 0 Å². The van der Waals surface area contributed by atoms with E-state index in [9.17, 15) is 25.6 Å². The van der Waals surface area contributed by atoms with E-state index < -0.39 is 31.7 Å². The van der Waals surface area contributed by atoms with E-state index in [2.05, 4.69) is 9.44 Å². The molecule has 0 amide bonds. The van der Waals surface area contributed by atoms with E-state index in [0.717, 1.165) is 24.3 Å². The Morgan fingerprint density at radius 3 is 1.23 bits per heavy atom. The van der Waals surface area contributed by atoms with Crippen molar-refractivity contribution < 1.29 is 25.6 Å². The van der Waals surface area contributed by atoms with Gasteiger partial charge in [-0.3, -0.25) is 9.44 Å². The van der Waals surface area contributed by atoms with Gasteiger partial charge in [0.05, 0.1) is 9.79 Å². The van der Waals surface area contributed by atoms with Crippen molar-refractivity contribution in [1.29, 1.82) is 0 Å². The molecule has 0 atom stereocenters. The van der Waals surface area contributed by atoms with E-state index >= 15 is 0 Å². The lowest BCUT2D eigenvalue weighted by Crippen LogP contribution is -2.14. The average Bonchev–Trinajstić information content (AvgIpc) is 2.67. The molecule has 2 N–H and O–H groups in total. The Morgan fingerprint density at radius 1 is 0.600 bits per heavy atom. The Hall–Kier alpha value is -2.98. The largest absolute Gasteiger partial charge is 0.280 e. The SMILES string of the molecule is Cc1cc(S(=O)(=O)Nc2ccc(NS(=O)(=O)c3ccc(F)c(C)c3)cc2)ccc1F. The van der Waals surface area contributed by atoms with E-state index in [1.54, 1.807) is 0 Å². The van der Waals surface area contributed by atoms with Crippen LogP contribution in [0.2, 0.25) is 0 Å². The Kier molecular flexibility index (Phi) is 5.82. The quantitative estimate of drug-likeness (QED) is 0.587. The summed E-state index contributed by atoms with van der Waals surface area (Å²) in [5.41, 5.74) is 0.771. The van der Waals surface area contributed by atoms with Crippen molar-refractivity contribution >= 4 is 31.4 Å². The summed E-state index contributed by atoms with van der Waals surface area (Å²) in [5, 5.41) is 0. The second kappa shape index (κ2) is 8.04. The fourth-order valence-corrected chi connectivity index (χ4v) is 4.89. The van der Waals surface area contributed by atoms with Gasteiger partial charge in [0.15, 0.2) is 0 Å². The van der Waals surface area contributed by atoms with Gasteiger partial charge < -0.3 is 0 Å². The summed E-state index contributed by atoms with van der Waals surface area (Å²) in [5.74, 6) is -1.02. The monoisotopic (exact) mass is 452 g/mol. The molecule has 3 rings (SSSR count). The third-order valence-electron chi connectivity index (χ3n) is 4.27. The summed E-state index contributed by atoms with van der Waals surface area (Å²) in [7, 11) is -7.89. The van der Waals surface area contributed by atoms with Gasteiger partial charge in [0.25, 0.3) is 20.0 Å². The number of aryl methyl sites for hydroxylation is 2. The van der Waals surface area contributed by atoms with E-state index in [0.29, 0.717) is 0 Å². The number of benzene rings is 3. The number of halogens is 2. The standard InChI is InChI=1S/C20H18F2N2O4S2/c1-13-11-17(7-9-19(13)21)29(25,26)23-15-3-5-16(6-4-15)24-30(27,28)18-8-10-20(22)14(2)12-18/h3-12,23-24H,1-2H3. The van der Waals surface area contributed by atoms with Crippen LogP contribution >= 0.6 is 0 Å². The molecule has 158 valence electrons. The molecule has 0 aliphatic heterocycles. The van der Waals surface area contributed by atoms with E-state index in [1.807, 2.05) is 0 Å². The molecule has 0 unspecified atom stereocenters. The molecule has 0 saturated heterocycles. The van der Waals surface area contributed by atoms with Crippen molar-refractivity contribution in [2.24, 2.45) is 0 Å². The molecule has 0 radical (unpaired) electrons. The van der Waals surface area contributed by atoms with E-state index in [1.165, 1.54) is 50.2 Å². The third-order valence-corrected chi connectivity index (χ3v) is 7.03. The highest BCUT2D eigenvalue weighted by Gasteiger charge is 2.17. The summed E-state index contributed by atoms with van der Waals surface area (Å²) in [6, 6.07) is 12.4. The highest BCUT2D eigenvalue weighted by molar-refractivity contribution is 7.93. The van der Waals surface area contributed by atoms with Crippen molar-refractivity contribution in [3.63, 3.8) is 0 Å². The third kappa shape index (κ3) is 4.77. The zero-order chi connectivity index (χ0) is 22.1. The first-order valence-corrected chi connectivity index (χ1v) is 11.6. The van der Waals surface area contributed by atoms with Gasteiger partial charge in [0.2, 0.25) is 0 Å². The molecule has 0 heterocycles. The van der Waals surface area contributed by atoms with E-state index in [-0.39, 0.29) is 32.3 Å². The van der Waals surface area contributed by atoms with Gasteiger partial charge in [-0.2, -0.15) is 0 Å². The van der Waals surface area contributed by atoms with Crippen LogP contribution in [0.25, 0.3) is 0 Å². The maximum atomic E-state index is 13.4. The minimum absolute atomic E-state index is 0.0992.